The maximum absolute atomic E-state index is 12.9. The van der Waals surface area contributed by atoms with Gasteiger partial charge in [0.05, 0.1) is 10.7 Å². The zero-order valence-electron chi connectivity index (χ0n) is 13.6. The number of benzene rings is 1. The van der Waals surface area contributed by atoms with Crippen molar-refractivity contribution in [2.75, 3.05) is 5.32 Å². The first-order valence-corrected chi connectivity index (χ1v) is 7.63. The van der Waals surface area contributed by atoms with Crippen LogP contribution in [0.5, 0.6) is 0 Å². The van der Waals surface area contributed by atoms with E-state index in [1.54, 1.807) is 12.1 Å². The van der Waals surface area contributed by atoms with Gasteiger partial charge in [0.25, 0.3) is 0 Å². The molecular weight excluding hydrogens is 359 g/mol. The van der Waals surface area contributed by atoms with E-state index in [0.29, 0.717) is 11.3 Å². The fourth-order valence-electron chi connectivity index (χ4n) is 2.20. The molecule has 1 amide bonds. The minimum Gasteiger partial charge on any atom is -0.324 e. The van der Waals surface area contributed by atoms with Crippen LogP contribution in [0.3, 0.4) is 0 Å². The summed E-state index contributed by atoms with van der Waals surface area (Å²) in [6.45, 7) is 4.18. The largest absolute Gasteiger partial charge is 0.436 e. The second kappa shape index (κ2) is 6.87. The van der Waals surface area contributed by atoms with Crippen molar-refractivity contribution in [2.45, 2.75) is 33.0 Å². The summed E-state index contributed by atoms with van der Waals surface area (Å²) in [6.07, 6.45) is -4.70. The number of carbonyl (C=O) groups excluding carboxylic acids is 2. The Morgan fingerprint density at radius 2 is 1.80 bits per heavy atom. The van der Waals surface area contributed by atoms with E-state index in [-0.39, 0.29) is 11.5 Å². The van der Waals surface area contributed by atoms with Crippen LogP contribution in [-0.4, -0.2) is 21.5 Å². The van der Waals surface area contributed by atoms with Crippen LogP contribution < -0.4 is 5.32 Å². The first-order valence-electron chi connectivity index (χ1n) is 7.26. The van der Waals surface area contributed by atoms with Crippen molar-refractivity contribution in [1.29, 1.82) is 0 Å². The number of hydrogen-bond donors (Lipinski definition) is 1. The molecule has 1 aromatic carbocycles. The molecule has 0 fully saturated rings. The number of anilines is 1. The van der Waals surface area contributed by atoms with Crippen LogP contribution in [0.1, 0.15) is 41.6 Å². The Kier molecular flexibility index (Phi) is 5.22. The van der Waals surface area contributed by atoms with Crippen LogP contribution in [0.4, 0.5) is 18.9 Å². The third-order valence-electron chi connectivity index (χ3n) is 3.65. The van der Waals surface area contributed by atoms with Crippen LogP contribution in [0.15, 0.2) is 24.3 Å². The van der Waals surface area contributed by atoms with Crippen LogP contribution in [0, 0.1) is 6.92 Å². The topological polar surface area (TPSA) is 64.0 Å². The number of nitrogens with zero attached hydrogens (tertiary/aromatic N) is 2. The molecule has 0 spiro atoms. The predicted octanol–water partition coefficient (Wildman–Crippen LogP) is 4.27. The molecule has 1 N–H and O–H groups in total. The molecule has 0 aliphatic carbocycles. The number of rotatable bonds is 4. The van der Waals surface area contributed by atoms with Crippen molar-refractivity contribution in [1.82, 2.24) is 9.78 Å². The van der Waals surface area contributed by atoms with Crippen LogP contribution in [0.2, 0.25) is 5.02 Å². The van der Waals surface area contributed by atoms with Gasteiger partial charge in [-0.15, -0.1) is 0 Å². The van der Waals surface area contributed by atoms with Crippen molar-refractivity contribution in [3.63, 3.8) is 0 Å². The van der Waals surface area contributed by atoms with E-state index >= 15 is 0 Å². The Morgan fingerprint density at radius 1 is 1.24 bits per heavy atom. The van der Waals surface area contributed by atoms with Gasteiger partial charge in [-0.1, -0.05) is 11.6 Å². The molecular formula is C16H15ClF3N3O2. The Morgan fingerprint density at radius 3 is 2.24 bits per heavy atom. The fraction of sp³-hybridized carbons (Fsp3) is 0.312. The highest BCUT2D eigenvalue weighted by Gasteiger charge is 2.39. The third kappa shape index (κ3) is 4.01. The first kappa shape index (κ1) is 19.0. The normalized spacial score (nSPS) is 12.8. The molecule has 1 heterocycles. The van der Waals surface area contributed by atoms with Crippen LogP contribution >= 0.6 is 11.6 Å². The summed E-state index contributed by atoms with van der Waals surface area (Å²) in [5.74, 6) is -0.681. The average molecular weight is 374 g/mol. The molecule has 9 heteroatoms. The smallest absolute Gasteiger partial charge is 0.324 e. The number of nitrogens with one attached hydrogen (secondary N) is 1. The molecule has 0 aliphatic heterocycles. The molecule has 0 aliphatic rings. The van der Waals surface area contributed by atoms with Gasteiger partial charge in [-0.25, -0.2) is 0 Å². The lowest BCUT2D eigenvalue weighted by Gasteiger charge is -2.14. The highest BCUT2D eigenvalue weighted by atomic mass is 35.5. The third-order valence-corrected chi connectivity index (χ3v) is 4.10. The van der Waals surface area contributed by atoms with Crippen molar-refractivity contribution in [3.8, 4) is 0 Å². The molecule has 0 radical (unpaired) electrons. The average Bonchev–Trinajstić information content (AvgIpc) is 2.83. The summed E-state index contributed by atoms with van der Waals surface area (Å²) in [7, 11) is 0. The van der Waals surface area contributed by atoms with Crippen molar-refractivity contribution in [2.24, 2.45) is 0 Å². The number of alkyl halides is 3. The van der Waals surface area contributed by atoms with Gasteiger partial charge in [-0.3, -0.25) is 14.3 Å². The second-order valence-corrected chi connectivity index (χ2v) is 5.87. The number of amides is 1. The Labute approximate surface area is 146 Å². The number of carbonyl (C=O) groups is 2. The predicted molar refractivity (Wildman–Crippen MR) is 86.8 cm³/mol. The molecule has 2 aromatic rings. The maximum atomic E-state index is 12.9. The minimum absolute atomic E-state index is 0.0450. The molecule has 0 unspecified atom stereocenters. The zero-order valence-corrected chi connectivity index (χ0v) is 14.4. The summed E-state index contributed by atoms with van der Waals surface area (Å²) in [4.78, 5) is 23.5. The van der Waals surface area contributed by atoms with E-state index in [4.69, 9.17) is 11.6 Å². The molecule has 0 bridgehead atoms. The lowest BCUT2D eigenvalue weighted by Crippen LogP contribution is -2.25. The van der Waals surface area contributed by atoms with Gasteiger partial charge in [0.2, 0.25) is 5.91 Å². The van der Waals surface area contributed by atoms with E-state index in [9.17, 15) is 22.8 Å². The molecule has 0 saturated carbocycles. The van der Waals surface area contributed by atoms with E-state index < -0.39 is 28.8 Å². The minimum atomic E-state index is -4.70. The van der Waals surface area contributed by atoms with Gasteiger partial charge in [0.1, 0.15) is 6.04 Å². The van der Waals surface area contributed by atoms with E-state index in [1.807, 2.05) is 0 Å². The SMILES string of the molecule is CC(=O)c1ccc(NC(=O)[C@@H](C)n2nc(C(F)(F)F)c(Cl)c2C)cc1. The number of halogens is 4. The quantitative estimate of drug-likeness (QED) is 0.814. The summed E-state index contributed by atoms with van der Waals surface area (Å²) < 4.78 is 39.5. The van der Waals surface area contributed by atoms with Crippen molar-refractivity contribution >= 4 is 29.0 Å². The van der Waals surface area contributed by atoms with Gasteiger partial charge in [0, 0.05) is 11.3 Å². The molecule has 0 saturated heterocycles. The summed E-state index contributed by atoms with van der Waals surface area (Å²) in [6, 6.07) is 5.14. The molecule has 1 aromatic heterocycles. The standard InChI is InChI=1S/C16H15ClF3N3O2/c1-8-13(17)14(16(18,19)20)22-23(8)9(2)15(25)21-12-6-4-11(5-7-12)10(3)24/h4-7,9H,1-3H3,(H,21,25)/t9-/m1/s1. The first-order chi connectivity index (χ1) is 11.5. The van der Waals surface area contributed by atoms with E-state index in [2.05, 4.69) is 10.4 Å². The van der Waals surface area contributed by atoms with Gasteiger partial charge in [-0.05, 0) is 45.0 Å². The van der Waals surface area contributed by atoms with Crippen molar-refractivity contribution in [3.05, 3.63) is 46.2 Å². The van der Waals surface area contributed by atoms with Gasteiger partial charge >= 0.3 is 6.18 Å². The lowest BCUT2D eigenvalue weighted by molar-refractivity contribution is -0.141. The van der Waals surface area contributed by atoms with Gasteiger partial charge < -0.3 is 5.32 Å². The molecule has 134 valence electrons. The Hall–Kier alpha value is -2.35. The summed E-state index contributed by atoms with van der Waals surface area (Å²) >= 11 is 5.69. The number of hydrogen-bond acceptors (Lipinski definition) is 3. The molecule has 25 heavy (non-hydrogen) atoms. The molecule has 5 nitrogen and oxygen atoms in total. The maximum Gasteiger partial charge on any atom is 0.436 e. The van der Waals surface area contributed by atoms with Crippen molar-refractivity contribution < 1.29 is 22.8 Å². The van der Waals surface area contributed by atoms with E-state index in [1.165, 1.54) is 32.9 Å². The number of ketones is 1. The number of aromatic nitrogens is 2. The van der Waals surface area contributed by atoms with Gasteiger partial charge in [0.15, 0.2) is 11.5 Å². The number of Topliss-reactive ketones (excluding diaryl/α,β-unsaturated/α-hetero) is 1. The lowest BCUT2D eigenvalue weighted by atomic mass is 10.1. The Balaban J connectivity index is 2.21. The summed E-state index contributed by atoms with van der Waals surface area (Å²) in [5.41, 5.74) is -0.287. The Bertz CT molecular complexity index is 813. The zero-order chi connectivity index (χ0) is 18.9. The van der Waals surface area contributed by atoms with Crippen LogP contribution in [0.25, 0.3) is 0 Å². The van der Waals surface area contributed by atoms with E-state index in [0.717, 1.165) is 4.68 Å². The monoisotopic (exact) mass is 373 g/mol. The van der Waals surface area contributed by atoms with Gasteiger partial charge in [-0.2, -0.15) is 18.3 Å². The highest BCUT2D eigenvalue weighted by molar-refractivity contribution is 6.32. The van der Waals surface area contributed by atoms with Crippen LogP contribution in [-0.2, 0) is 11.0 Å². The fourth-order valence-corrected chi connectivity index (χ4v) is 2.43. The second-order valence-electron chi connectivity index (χ2n) is 5.49. The molecule has 2 rings (SSSR count). The summed E-state index contributed by atoms with van der Waals surface area (Å²) in [5, 5.41) is 5.47. The highest BCUT2D eigenvalue weighted by Crippen LogP contribution is 2.36. The molecule has 1 atom stereocenters.